The average molecular weight is 371 g/mol. The van der Waals surface area contributed by atoms with Gasteiger partial charge in [0.05, 0.1) is 0 Å². The summed E-state index contributed by atoms with van der Waals surface area (Å²) in [5, 5.41) is 9.43. The molecular formula is C18H33N3O5. The van der Waals surface area contributed by atoms with Gasteiger partial charge in [0, 0.05) is 32.2 Å². The van der Waals surface area contributed by atoms with Gasteiger partial charge in [-0.05, 0) is 40.5 Å². The highest BCUT2D eigenvalue weighted by molar-refractivity contribution is 5.83. The molecule has 0 aromatic rings. The first kappa shape index (κ1) is 22.1. The predicted octanol–water partition coefficient (Wildman–Crippen LogP) is 2.48. The predicted molar refractivity (Wildman–Crippen MR) is 98.0 cm³/mol. The second-order valence-corrected chi connectivity index (χ2v) is 8.41. The lowest BCUT2D eigenvalue weighted by atomic mass is 10.0. The van der Waals surface area contributed by atoms with Gasteiger partial charge in [-0.1, -0.05) is 13.8 Å². The van der Waals surface area contributed by atoms with Gasteiger partial charge in [-0.2, -0.15) is 0 Å². The summed E-state index contributed by atoms with van der Waals surface area (Å²) >= 11 is 0. The van der Waals surface area contributed by atoms with E-state index in [1.807, 2.05) is 34.6 Å². The molecule has 8 heteroatoms. The first-order valence-corrected chi connectivity index (χ1v) is 9.02. The van der Waals surface area contributed by atoms with E-state index in [1.165, 1.54) is 11.9 Å². The lowest BCUT2D eigenvalue weighted by Gasteiger charge is -2.46. The molecular weight excluding hydrogens is 338 g/mol. The number of rotatable bonds is 3. The van der Waals surface area contributed by atoms with E-state index in [0.717, 1.165) is 0 Å². The topological polar surface area (TPSA) is 90.4 Å². The number of carboxylic acid groups (broad SMARTS) is 1. The summed E-state index contributed by atoms with van der Waals surface area (Å²) < 4.78 is 5.41. The van der Waals surface area contributed by atoms with Crippen LogP contribution in [0.4, 0.5) is 9.59 Å². The zero-order chi connectivity index (χ0) is 20.4. The number of piperazine rings is 1. The molecule has 0 spiro atoms. The van der Waals surface area contributed by atoms with Crippen LogP contribution in [0.3, 0.4) is 0 Å². The fourth-order valence-corrected chi connectivity index (χ4v) is 3.37. The maximum atomic E-state index is 12.9. The third kappa shape index (κ3) is 5.25. The highest BCUT2D eigenvalue weighted by Gasteiger charge is 2.40. The second kappa shape index (κ2) is 8.14. The Labute approximate surface area is 156 Å². The monoisotopic (exact) mass is 371 g/mol. The van der Waals surface area contributed by atoms with Gasteiger partial charge in [-0.15, -0.1) is 0 Å². The maximum absolute atomic E-state index is 12.9. The van der Waals surface area contributed by atoms with Crippen LogP contribution in [0.2, 0.25) is 0 Å². The Hall–Kier alpha value is -1.99. The second-order valence-electron chi connectivity index (χ2n) is 8.41. The highest BCUT2D eigenvalue weighted by atomic mass is 16.6. The van der Waals surface area contributed by atoms with E-state index >= 15 is 0 Å². The average Bonchev–Trinajstić information content (AvgIpc) is 2.43. The Morgan fingerprint density at radius 3 is 1.92 bits per heavy atom. The Morgan fingerprint density at radius 1 is 1.12 bits per heavy atom. The molecule has 1 rings (SSSR count). The fourth-order valence-electron chi connectivity index (χ4n) is 3.37. The molecule has 1 saturated heterocycles. The zero-order valence-electron chi connectivity index (χ0n) is 17.1. The normalized spacial score (nSPS) is 22.2. The van der Waals surface area contributed by atoms with Crippen molar-refractivity contribution in [1.82, 2.24) is 14.7 Å². The van der Waals surface area contributed by atoms with Gasteiger partial charge >= 0.3 is 18.1 Å². The van der Waals surface area contributed by atoms with Crippen molar-refractivity contribution in [3.8, 4) is 0 Å². The van der Waals surface area contributed by atoms with E-state index in [0.29, 0.717) is 13.1 Å². The summed E-state index contributed by atoms with van der Waals surface area (Å²) in [6.45, 7) is 13.4. The summed E-state index contributed by atoms with van der Waals surface area (Å²) in [5.74, 6) is -1.24. The van der Waals surface area contributed by atoms with Crippen molar-refractivity contribution in [2.24, 2.45) is 5.92 Å². The maximum Gasteiger partial charge on any atom is 0.410 e. The highest BCUT2D eigenvalue weighted by Crippen LogP contribution is 2.22. The third-order valence-electron chi connectivity index (χ3n) is 4.40. The van der Waals surface area contributed by atoms with Gasteiger partial charge in [-0.25, -0.2) is 14.4 Å². The van der Waals surface area contributed by atoms with Crippen molar-refractivity contribution in [3.63, 3.8) is 0 Å². The number of nitrogens with zero attached hydrogens (tertiary/aromatic N) is 3. The van der Waals surface area contributed by atoms with E-state index in [4.69, 9.17) is 4.74 Å². The number of carbonyl (C=O) groups excluding carboxylic acids is 2. The molecule has 1 aliphatic rings. The van der Waals surface area contributed by atoms with Crippen molar-refractivity contribution >= 4 is 18.1 Å². The van der Waals surface area contributed by atoms with E-state index < -0.39 is 23.7 Å². The summed E-state index contributed by atoms with van der Waals surface area (Å²) in [4.78, 5) is 41.3. The number of amides is 3. The number of aliphatic carboxylic acids is 1. The molecule has 0 aromatic heterocycles. The fraction of sp³-hybridized carbons (Fsp3) is 0.833. The van der Waals surface area contributed by atoms with E-state index in [1.54, 1.807) is 23.6 Å². The number of carbonyl (C=O) groups is 3. The van der Waals surface area contributed by atoms with Gasteiger partial charge in [-0.3, -0.25) is 0 Å². The first-order valence-electron chi connectivity index (χ1n) is 9.02. The van der Waals surface area contributed by atoms with Crippen LogP contribution >= 0.6 is 0 Å². The van der Waals surface area contributed by atoms with Crippen molar-refractivity contribution in [2.75, 3.05) is 20.1 Å². The standard InChI is InChI=1S/C18H33N3O5/c1-11(2)14(15(22)23)19(8)16(24)21-12(3)9-20(10-13(21)4)17(25)26-18(5,6)7/h11-14H,9-10H2,1-8H3,(H,22,23)/t12-,13-,14+/m1/s1. The third-order valence-corrected chi connectivity index (χ3v) is 4.40. The SMILES string of the molecule is CC(C)[C@@H](C(=O)O)N(C)C(=O)N1[C@H](C)CN(C(=O)OC(C)(C)C)C[C@H]1C. The zero-order valence-corrected chi connectivity index (χ0v) is 17.1. The Bertz CT molecular complexity index is 531. The molecule has 150 valence electrons. The Balaban J connectivity index is 2.89. The molecule has 0 aromatic carbocycles. The molecule has 0 aliphatic carbocycles. The number of hydrogen-bond donors (Lipinski definition) is 1. The Morgan fingerprint density at radius 2 is 1.58 bits per heavy atom. The minimum atomic E-state index is -1.02. The first-order chi connectivity index (χ1) is 11.8. The molecule has 1 heterocycles. The summed E-state index contributed by atoms with van der Waals surface area (Å²) in [7, 11) is 1.51. The van der Waals surface area contributed by atoms with Crippen LogP contribution in [0.25, 0.3) is 0 Å². The van der Waals surface area contributed by atoms with Crippen molar-refractivity contribution in [3.05, 3.63) is 0 Å². The molecule has 0 unspecified atom stereocenters. The Kier molecular flexibility index (Phi) is 6.90. The largest absolute Gasteiger partial charge is 0.480 e. The molecule has 1 fully saturated rings. The summed E-state index contributed by atoms with van der Waals surface area (Å²) in [6, 6.07) is -1.73. The molecule has 26 heavy (non-hydrogen) atoms. The summed E-state index contributed by atoms with van der Waals surface area (Å²) in [6.07, 6.45) is -0.401. The van der Waals surface area contributed by atoms with Gasteiger partial charge < -0.3 is 24.5 Å². The number of carboxylic acids is 1. The molecule has 8 nitrogen and oxygen atoms in total. The lowest BCUT2D eigenvalue weighted by molar-refractivity contribution is -0.143. The van der Waals surface area contributed by atoms with Crippen LogP contribution in [0.5, 0.6) is 0 Å². The van der Waals surface area contributed by atoms with Crippen LogP contribution in [-0.2, 0) is 9.53 Å². The lowest BCUT2D eigenvalue weighted by Crippen LogP contribution is -2.63. The van der Waals surface area contributed by atoms with Crippen LogP contribution in [0.1, 0.15) is 48.5 Å². The molecule has 0 bridgehead atoms. The number of urea groups is 1. The minimum absolute atomic E-state index is 0.213. The van der Waals surface area contributed by atoms with Gasteiger partial charge in [0.25, 0.3) is 0 Å². The van der Waals surface area contributed by atoms with E-state index in [2.05, 4.69) is 0 Å². The molecule has 0 radical (unpaired) electrons. The summed E-state index contributed by atoms with van der Waals surface area (Å²) in [5.41, 5.74) is -0.581. The number of ether oxygens (including phenoxy) is 1. The van der Waals surface area contributed by atoms with E-state index in [-0.39, 0.29) is 24.0 Å². The van der Waals surface area contributed by atoms with Crippen molar-refractivity contribution in [1.29, 1.82) is 0 Å². The van der Waals surface area contributed by atoms with Gasteiger partial charge in [0.1, 0.15) is 11.6 Å². The van der Waals surface area contributed by atoms with Crippen LogP contribution in [0.15, 0.2) is 0 Å². The molecule has 1 N–H and O–H groups in total. The molecule has 3 atom stereocenters. The number of likely N-dealkylation sites (N-methyl/N-ethyl adjacent to an activating group) is 1. The molecule has 0 saturated carbocycles. The van der Waals surface area contributed by atoms with Crippen molar-refractivity contribution in [2.45, 2.75) is 72.2 Å². The molecule has 3 amide bonds. The van der Waals surface area contributed by atoms with Crippen LogP contribution < -0.4 is 0 Å². The molecule has 1 aliphatic heterocycles. The van der Waals surface area contributed by atoms with Crippen LogP contribution in [0, 0.1) is 5.92 Å². The van der Waals surface area contributed by atoms with Gasteiger partial charge in [0.2, 0.25) is 0 Å². The number of hydrogen-bond acceptors (Lipinski definition) is 4. The smallest absolute Gasteiger partial charge is 0.410 e. The van der Waals surface area contributed by atoms with Crippen LogP contribution in [-0.4, -0.2) is 81.8 Å². The van der Waals surface area contributed by atoms with Crippen molar-refractivity contribution < 1.29 is 24.2 Å². The quantitative estimate of drug-likeness (QED) is 0.823. The van der Waals surface area contributed by atoms with Gasteiger partial charge in [0.15, 0.2) is 0 Å². The minimum Gasteiger partial charge on any atom is -0.480 e. The van der Waals surface area contributed by atoms with E-state index in [9.17, 15) is 19.5 Å².